The lowest BCUT2D eigenvalue weighted by Crippen LogP contribution is -2.34. The molecule has 0 fully saturated rings. The van der Waals surface area contributed by atoms with E-state index in [4.69, 9.17) is 0 Å². The number of benzene rings is 1. The van der Waals surface area contributed by atoms with Crippen LogP contribution in [0, 0.1) is 6.92 Å². The van der Waals surface area contributed by atoms with Crippen molar-refractivity contribution in [1.29, 1.82) is 0 Å². The molecular weight excluding hydrogens is 222 g/mol. The zero-order chi connectivity index (χ0) is 12.1. The number of aryl methyl sites for hydroxylation is 1. The number of amides is 1. The number of phenolic OH excluding ortho intramolecular Hbond substituents is 1. The fraction of sp³-hybridized carbons (Fsp3) is 0.417. The highest BCUT2D eigenvalue weighted by Gasteiger charge is 2.13. The fourth-order valence-corrected chi connectivity index (χ4v) is 2.01. The van der Waals surface area contributed by atoms with E-state index in [1.54, 1.807) is 30.0 Å². The van der Waals surface area contributed by atoms with E-state index < -0.39 is 0 Å². The Hall–Kier alpha value is -1.16. The van der Waals surface area contributed by atoms with E-state index in [-0.39, 0.29) is 17.7 Å². The predicted molar refractivity (Wildman–Crippen MR) is 68.2 cm³/mol. The summed E-state index contributed by atoms with van der Waals surface area (Å²) in [4.78, 5) is 11.8. The van der Waals surface area contributed by atoms with E-state index in [1.165, 1.54) is 0 Å². The van der Waals surface area contributed by atoms with Crippen molar-refractivity contribution >= 4 is 17.7 Å². The third-order valence-electron chi connectivity index (χ3n) is 2.19. The monoisotopic (exact) mass is 239 g/mol. The van der Waals surface area contributed by atoms with Crippen molar-refractivity contribution in [3.63, 3.8) is 0 Å². The van der Waals surface area contributed by atoms with Gasteiger partial charge in [0.25, 0.3) is 5.91 Å². The van der Waals surface area contributed by atoms with E-state index in [9.17, 15) is 9.90 Å². The lowest BCUT2D eigenvalue weighted by Gasteiger charge is -2.13. The quantitative estimate of drug-likeness (QED) is 0.846. The fourth-order valence-electron chi connectivity index (χ4n) is 1.42. The summed E-state index contributed by atoms with van der Waals surface area (Å²) in [6, 6.07) is 5.11. The zero-order valence-corrected chi connectivity index (χ0v) is 10.6. The molecule has 0 saturated carbocycles. The van der Waals surface area contributed by atoms with Gasteiger partial charge in [0.1, 0.15) is 5.75 Å². The highest BCUT2D eigenvalue weighted by molar-refractivity contribution is 7.98. The number of hydrogen-bond donors (Lipinski definition) is 2. The van der Waals surface area contributed by atoms with Crippen LogP contribution >= 0.6 is 11.8 Å². The smallest absolute Gasteiger partial charge is 0.255 e. The van der Waals surface area contributed by atoms with Crippen molar-refractivity contribution in [3.8, 4) is 5.75 Å². The predicted octanol–water partition coefficient (Wildman–Crippen LogP) is 2.18. The second-order valence-electron chi connectivity index (χ2n) is 3.85. The van der Waals surface area contributed by atoms with E-state index >= 15 is 0 Å². The average molecular weight is 239 g/mol. The van der Waals surface area contributed by atoms with Crippen LogP contribution in [0.15, 0.2) is 18.2 Å². The maximum atomic E-state index is 11.8. The van der Waals surface area contributed by atoms with Crippen LogP contribution in [0.1, 0.15) is 22.8 Å². The number of hydrogen-bond acceptors (Lipinski definition) is 3. The summed E-state index contributed by atoms with van der Waals surface area (Å²) in [5.41, 5.74) is 1.30. The Bertz CT molecular complexity index is 379. The van der Waals surface area contributed by atoms with Gasteiger partial charge in [-0.25, -0.2) is 0 Å². The van der Waals surface area contributed by atoms with Gasteiger partial charge < -0.3 is 10.4 Å². The first kappa shape index (κ1) is 12.9. The Labute approximate surface area is 100 Å². The van der Waals surface area contributed by atoms with Gasteiger partial charge in [-0.2, -0.15) is 11.8 Å². The molecule has 2 N–H and O–H groups in total. The molecule has 16 heavy (non-hydrogen) atoms. The summed E-state index contributed by atoms with van der Waals surface area (Å²) >= 11 is 1.68. The van der Waals surface area contributed by atoms with Gasteiger partial charge >= 0.3 is 0 Å². The molecule has 0 radical (unpaired) electrons. The van der Waals surface area contributed by atoms with Gasteiger partial charge in [0.05, 0.1) is 5.56 Å². The van der Waals surface area contributed by atoms with E-state index in [2.05, 4.69) is 5.32 Å². The molecule has 1 aromatic rings. The van der Waals surface area contributed by atoms with Crippen LogP contribution in [-0.4, -0.2) is 29.1 Å². The Morgan fingerprint density at radius 1 is 1.56 bits per heavy atom. The Morgan fingerprint density at radius 3 is 2.88 bits per heavy atom. The van der Waals surface area contributed by atoms with Gasteiger partial charge in [-0.05, 0) is 32.2 Å². The summed E-state index contributed by atoms with van der Waals surface area (Å²) in [6.45, 7) is 3.84. The summed E-state index contributed by atoms with van der Waals surface area (Å²) in [5, 5.41) is 12.4. The van der Waals surface area contributed by atoms with Gasteiger partial charge in [-0.1, -0.05) is 11.6 Å². The Balaban J connectivity index is 2.76. The summed E-state index contributed by atoms with van der Waals surface area (Å²) < 4.78 is 0. The summed E-state index contributed by atoms with van der Waals surface area (Å²) in [5.74, 6) is 0.667. The molecular formula is C12H17NO2S. The number of phenols is 1. The van der Waals surface area contributed by atoms with Crippen LogP contribution in [0.4, 0.5) is 0 Å². The number of aromatic hydroxyl groups is 1. The van der Waals surface area contributed by atoms with E-state index in [0.717, 1.165) is 11.3 Å². The van der Waals surface area contributed by atoms with Crippen LogP contribution in [0.25, 0.3) is 0 Å². The minimum Gasteiger partial charge on any atom is -0.507 e. The van der Waals surface area contributed by atoms with Crippen LogP contribution < -0.4 is 5.32 Å². The highest BCUT2D eigenvalue weighted by Crippen LogP contribution is 2.18. The largest absolute Gasteiger partial charge is 0.507 e. The molecule has 0 aliphatic heterocycles. The summed E-state index contributed by atoms with van der Waals surface area (Å²) in [6.07, 6.45) is 1.99. The average Bonchev–Trinajstić information content (AvgIpc) is 2.21. The minimum atomic E-state index is -0.220. The van der Waals surface area contributed by atoms with E-state index in [1.807, 2.05) is 20.1 Å². The molecule has 1 unspecified atom stereocenters. The second kappa shape index (κ2) is 5.80. The molecule has 0 spiro atoms. The Kier molecular flexibility index (Phi) is 4.68. The molecule has 1 rings (SSSR count). The minimum absolute atomic E-state index is 0.0273. The lowest BCUT2D eigenvalue weighted by atomic mass is 10.1. The van der Waals surface area contributed by atoms with Crippen LogP contribution in [-0.2, 0) is 0 Å². The molecule has 4 heteroatoms. The SMILES string of the molecule is CSCC(C)NC(=O)c1cc(C)ccc1O. The second-order valence-corrected chi connectivity index (χ2v) is 4.76. The van der Waals surface area contributed by atoms with Crippen molar-refractivity contribution < 1.29 is 9.90 Å². The van der Waals surface area contributed by atoms with Crippen molar-refractivity contribution in [2.45, 2.75) is 19.9 Å². The summed E-state index contributed by atoms with van der Waals surface area (Å²) in [7, 11) is 0. The third kappa shape index (κ3) is 3.45. The topological polar surface area (TPSA) is 49.3 Å². The number of carbonyl (C=O) groups excluding carboxylic acids is 1. The molecule has 1 aromatic carbocycles. The Morgan fingerprint density at radius 2 is 2.25 bits per heavy atom. The number of rotatable bonds is 4. The van der Waals surface area contributed by atoms with Crippen LogP contribution in [0.2, 0.25) is 0 Å². The molecule has 0 aromatic heterocycles. The van der Waals surface area contributed by atoms with Crippen molar-refractivity contribution in [3.05, 3.63) is 29.3 Å². The molecule has 1 amide bonds. The molecule has 0 aliphatic rings. The van der Waals surface area contributed by atoms with Gasteiger partial charge in [-0.3, -0.25) is 4.79 Å². The standard InChI is InChI=1S/C12H17NO2S/c1-8-4-5-11(14)10(6-8)12(15)13-9(2)7-16-3/h4-6,9,14H,7H2,1-3H3,(H,13,15). The molecule has 0 saturated heterocycles. The van der Waals surface area contributed by atoms with Gasteiger partial charge in [-0.15, -0.1) is 0 Å². The maximum absolute atomic E-state index is 11.8. The number of nitrogens with one attached hydrogen (secondary N) is 1. The maximum Gasteiger partial charge on any atom is 0.255 e. The van der Waals surface area contributed by atoms with Crippen LogP contribution in [0.5, 0.6) is 5.75 Å². The first-order chi connectivity index (χ1) is 7.54. The molecule has 88 valence electrons. The van der Waals surface area contributed by atoms with Crippen molar-refractivity contribution in [1.82, 2.24) is 5.32 Å². The number of thioether (sulfide) groups is 1. The van der Waals surface area contributed by atoms with Crippen molar-refractivity contribution in [2.24, 2.45) is 0 Å². The first-order valence-electron chi connectivity index (χ1n) is 5.14. The van der Waals surface area contributed by atoms with Crippen LogP contribution in [0.3, 0.4) is 0 Å². The first-order valence-corrected chi connectivity index (χ1v) is 6.53. The number of carbonyl (C=O) groups is 1. The van der Waals surface area contributed by atoms with Gasteiger partial charge in [0.15, 0.2) is 0 Å². The normalized spacial score (nSPS) is 12.2. The molecule has 0 heterocycles. The molecule has 0 bridgehead atoms. The van der Waals surface area contributed by atoms with Crippen molar-refractivity contribution in [2.75, 3.05) is 12.0 Å². The van der Waals surface area contributed by atoms with Gasteiger partial charge in [0.2, 0.25) is 0 Å². The van der Waals surface area contributed by atoms with Gasteiger partial charge in [0, 0.05) is 11.8 Å². The lowest BCUT2D eigenvalue weighted by molar-refractivity contribution is 0.0941. The molecule has 3 nitrogen and oxygen atoms in total. The highest BCUT2D eigenvalue weighted by atomic mass is 32.2. The van der Waals surface area contributed by atoms with E-state index in [0.29, 0.717) is 5.56 Å². The zero-order valence-electron chi connectivity index (χ0n) is 9.78. The third-order valence-corrected chi connectivity index (χ3v) is 3.02. The molecule has 1 atom stereocenters. The molecule has 0 aliphatic carbocycles.